The first-order valence-corrected chi connectivity index (χ1v) is 16.8. The Kier molecular flexibility index (Phi) is 8.09. The molecule has 1 saturated carbocycles. The summed E-state index contributed by atoms with van der Waals surface area (Å²) in [6.45, 7) is 3.91. The van der Waals surface area contributed by atoms with E-state index in [-0.39, 0.29) is 23.7 Å². The van der Waals surface area contributed by atoms with Crippen LogP contribution < -0.4 is 14.4 Å². The van der Waals surface area contributed by atoms with Gasteiger partial charge in [-0.05, 0) is 109 Å². The molecule has 7 rings (SSSR count). The standard InChI is InChI=1S/C32H39ClN2O5S/c1-20-19-41(37,38)34-32(36)22-8-11-30-29(16-22)35(17-23-6-9-27(33)15-21(23)5-3-4-12-40-30)18-24-7-10-28(24)31(39-2)26-13-25(20)14-26/h6,8-9,11,13,15-16,20,24-25,28,31H,3-5,7,10,12,14,17-19H2,1-2H3,(H,34,36)/t20-,24+,25?,28-,31+/m1/s1. The molecule has 0 spiro atoms. The third kappa shape index (κ3) is 6.02. The molecule has 1 N–H and O–H groups in total. The van der Waals surface area contributed by atoms with Gasteiger partial charge >= 0.3 is 0 Å². The molecule has 3 aliphatic heterocycles. The number of anilines is 1. The number of aryl methyl sites for hydroxylation is 1. The number of halogens is 1. The molecular weight excluding hydrogens is 560 g/mol. The van der Waals surface area contributed by atoms with Crippen LogP contribution in [0.5, 0.6) is 5.75 Å². The van der Waals surface area contributed by atoms with Crippen LogP contribution in [-0.2, 0) is 27.7 Å². The molecule has 1 amide bonds. The number of fused-ring (bicyclic) bond motifs is 5. The fraction of sp³-hybridized carbons (Fsp3) is 0.531. The summed E-state index contributed by atoms with van der Waals surface area (Å²) in [5.74, 6) is 0.861. The van der Waals surface area contributed by atoms with E-state index in [4.69, 9.17) is 21.1 Å². The van der Waals surface area contributed by atoms with Crippen LogP contribution in [0.25, 0.3) is 0 Å². The third-order valence-electron chi connectivity index (χ3n) is 9.49. The van der Waals surface area contributed by atoms with Crippen molar-refractivity contribution in [2.75, 3.05) is 30.9 Å². The number of nitrogens with zero attached hydrogens (tertiary/aromatic N) is 1. The van der Waals surface area contributed by atoms with E-state index >= 15 is 0 Å². The van der Waals surface area contributed by atoms with Crippen LogP contribution in [0.4, 0.5) is 5.69 Å². The maximum atomic E-state index is 13.3. The van der Waals surface area contributed by atoms with Crippen molar-refractivity contribution in [3.8, 4) is 5.75 Å². The van der Waals surface area contributed by atoms with Gasteiger partial charge in [-0.1, -0.05) is 30.7 Å². The average molecular weight is 599 g/mol. The first-order valence-electron chi connectivity index (χ1n) is 14.8. The molecule has 4 bridgehead atoms. The average Bonchev–Trinajstić information content (AvgIpc) is 2.91. The summed E-state index contributed by atoms with van der Waals surface area (Å²) in [7, 11) is -2.03. The molecule has 7 nitrogen and oxygen atoms in total. The Morgan fingerprint density at radius 3 is 2.68 bits per heavy atom. The Morgan fingerprint density at radius 1 is 1.10 bits per heavy atom. The van der Waals surface area contributed by atoms with Crippen molar-refractivity contribution in [1.82, 2.24) is 4.72 Å². The minimum atomic E-state index is -3.82. The monoisotopic (exact) mass is 598 g/mol. The van der Waals surface area contributed by atoms with Crippen molar-refractivity contribution < 1.29 is 22.7 Å². The molecule has 9 heteroatoms. The maximum absolute atomic E-state index is 13.3. The number of sulfonamides is 1. The summed E-state index contributed by atoms with van der Waals surface area (Å²) in [5.41, 5.74) is 4.81. The molecule has 0 saturated heterocycles. The van der Waals surface area contributed by atoms with Gasteiger partial charge < -0.3 is 14.4 Å². The van der Waals surface area contributed by atoms with E-state index in [9.17, 15) is 13.2 Å². The van der Waals surface area contributed by atoms with Crippen LogP contribution in [0.15, 0.2) is 48.0 Å². The third-order valence-corrected chi connectivity index (χ3v) is 11.2. The lowest BCUT2D eigenvalue weighted by Crippen LogP contribution is -2.46. The van der Waals surface area contributed by atoms with Gasteiger partial charge in [-0.3, -0.25) is 4.79 Å². The molecule has 1 fully saturated rings. The number of benzene rings is 2. The highest BCUT2D eigenvalue weighted by Crippen LogP contribution is 2.47. The number of amides is 1. The lowest BCUT2D eigenvalue weighted by molar-refractivity contribution is -0.000124. The quantitative estimate of drug-likeness (QED) is 0.420. The zero-order valence-corrected chi connectivity index (χ0v) is 25.3. The second-order valence-corrected chi connectivity index (χ2v) is 14.4. The van der Waals surface area contributed by atoms with Crippen LogP contribution in [-0.4, -0.2) is 46.4 Å². The van der Waals surface area contributed by atoms with Crippen LogP contribution in [0.2, 0.25) is 5.02 Å². The maximum Gasteiger partial charge on any atom is 0.264 e. The summed E-state index contributed by atoms with van der Waals surface area (Å²) >= 11 is 6.41. The van der Waals surface area contributed by atoms with E-state index < -0.39 is 15.9 Å². The minimum Gasteiger partial charge on any atom is -0.491 e. The van der Waals surface area contributed by atoms with Crippen LogP contribution in [0.1, 0.15) is 60.5 Å². The SMILES string of the molecule is CO[C@H]1C2=CC(C2)[C@H](C)CS(=O)(=O)NC(=O)c2ccc3c(c2)N(Cc2ccc(Cl)cc2CCCCO3)C[C@@H]2CC[C@H]21. The van der Waals surface area contributed by atoms with E-state index in [0.717, 1.165) is 55.8 Å². The summed E-state index contributed by atoms with van der Waals surface area (Å²) in [6.07, 6.45) is 8.08. The number of nitrogens with one attached hydrogen (secondary N) is 1. The van der Waals surface area contributed by atoms with Crippen molar-refractivity contribution in [3.63, 3.8) is 0 Å². The van der Waals surface area contributed by atoms with Crippen molar-refractivity contribution in [3.05, 3.63) is 69.8 Å². The predicted molar refractivity (Wildman–Crippen MR) is 161 cm³/mol. The van der Waals surface area contributed by atoms with E-state index in [1.165, 1.54) is 16.7 Å². The van der Waals surface area contributed by atoms with Crippen LogP contribution in [0, 0.1) is 23.7 Å². The van der Waals surface area contributed by atoms with Gasteiger partial charge in [0, 0.05) is 30.8 Å². The Morgan fingerprint density at radius 2 is 1.93 bits per heavy atom. The summed E-state index contributed by atoms with van der Waals surface area (Å²) < 4.78 is 40.8. The number of ether oxygens (including phenoxy) is 2. The van der Waals surface area contributed by atoms with Gasteiger partial charge in [-0.25, -0.2) is 13.1 Å². The Balaban J connectivity index is 1.44. The van der Waals surface area contributed by atoms with E-state index in [1.54, 1.807) is 19.2 Å². The Labute approximate surface area is 248 Å². The van der Waals surface area contributed by atoms with Crippen LogP contribution in [0.3, 0.4) is 0 Å². The molecule has 0 radical (unpaired) electrons. The first kappa shape index (κ1) is 28.6. The lowest BCUT2D eigenvalue weighted by atomic mass is 9.65. The number of allylic oxidation sites excluding steroid dienone is 1. The molecule has 5 aliphatic rings. The number of carbonyl (C=O) groups excluding carboxylic acids is 1. The summed E-state index contributed by atoms with van der Waals surface area (Å²) in [5, 5.41) is 0.729. The van der Waals surface area contributed by atoms with E-state index in [1.807, 2.05) is 19.1 Å². The fourth-order valence-electron chi connectivity index (χ4n) is 6.97. The number of hydrogen-bond acceptors (Lipinski definition) is 6. The fourth-order valence-corrected chi connectivity index (χ4v) is 8.59. The molecule has 3 heterocycles. The molecule has 41 heavy (non-hydrogen) atoms. The summed E-state index contributed by atoms with van der Waals surface area (Å²) in [4.78, 5) is 15.6. The Hall–Kier alpha value is -2.55. The Bertz CT molecular complexity index is 1460. The highest BCUT2D eigenvalue weighted by atomic mass is 35.5. The van der Waals surface area contributed by atoms with Gasteiger partial charge in [0.2, 0.25) is 10.0 Å². The van der Waals surface area contributed by atoms with Gasteiger partial charge in [0.25, 0.3) is 5.91 Å². The second kappa shape index (κ2) is 11.6. The molecule has 2 aromatic rings. The first-order chi connectivity index (χ1) is 19.7. The number of rotatable bonds is 1. The smallest absolute Gasteiger partial charge is 0.264 e. The zero-order chi connectivity index (χ0) is 28.7. The minimum absolute atomic E-state index is 0.0403. The topological polar surface area (TPSA) is 84.9 Å². The van der Waals surface area contributed by atoms with Gasteiger partial charge in [0.1, 0.15) is 5.75 Å². The second-order valence-electron chi connectivity index (χ2n) is 12.2. The molecule has 220 valence electrons. The number of methoxy groups -OCH3 is 1. The number of hydrogen-bond donors (Lipinski definition) is 1. The largest absolute Gasteiger partial charge is 0.491 e. The predicted octanol–water partition coefficient (Wildman–Crippen LogP) is 5.76. The molecule has 0 aromatic heterocycles. The number of carbonyl (C=O) groups is 1. The molecular formula is C32H39ClN2O5S. The molecule has 1 unspecified atom stereocenters. The molecule has 5 atom stereocenters. The zero-order valence-electron chi connectivity index (χ0n) is 23.8. The van der Waals surface area contributed by atoms with Crippen molar-refractivity contribution in [1.29, 1.82) is 0 Å². The van der Waals surface area contributed by atoms with E-state index in [0.29, 0.717) is 36.3 Å². The normalized spacial score (nSPS) is 29.6. The molecule has 2 aromatic carbocycles. The van der Waals surface area contributed by atoms with Crippen LogP contribution >= 0.6 is 11.6 Å². The van der Waals surface area contributed by atoms with Gasteiger partial charge in [0.15, 0.2) is 0 Å². The lowest BCUT2D eigenvalue weighted by Gasteiger charge is -2.47. The highest BCUT2D eigenvalue weighted by molar-refractivity contribution is 7.90. The highest BCUT2D eigenvalue weighted by Gasteiger charge is 2.43. The van der Waals surface area contributed by atoms with E-state index in [2.05, 4.69) is 27.8 Å². The summed E-state index contributed by atoms with van der Waals surface area (Å²) in [6, 6.07) is 11.4. The van der Waals surface area contributed by atoms with Crippen molar-refractivity contribution in [2.24, 2.45) is 23.7 Å². The van der Waals surface area contributed by atoms with Crippen molar-refractivity contribution >= 4 is 33.2 Å². The van der Waals surface area contributed by atoms with Gasteiger partial charge in [0.05, 0.1) is 24.2 Å². The molecule has 2 aliphatic carbocycles. The van der Waals surface area contributed by atoms with Gasteiger partial charge in [-0.15, -0.1) is 0 Å². The van der Waals surface area contributed by atoms with Gasteiger partial charge in [-0.2, -0.15) is 0 Å². The van der Waals surface area contributed by atoms with Crippen molar-refractivity contribution in [2.45, 2.75) is 58.1 Å².